The predicted octanol–water partition coefficient (Wildman–Crippen LogP) is 2.37. The monoisotopic (exact) mass is 245 g/mol. The summed E-state index contributed by atoms with van der Waals surface area (Å²) in [5.41, 5.74) is 1.25. The molecule has 2 N–H and O–H groups in total. The fourth-order valence-corrected chi connectivity index (χ4v) is 5.12. The SMILES string of the molecule is c1ncc(CCNC2CC3CC2C2CCCC32)[nH]1. The number of hydrogen-bond donors (Lipinski definition) is 2. The standard InChI is InChI=1S/C15H23N3/c1-2-12-10-6-14(13(12)3-1)15(7-10)17-5-4-11-8-16-9-18-11/h8-10,12-15,17H,1-7H2,(H,16,18). The molecule has 3 saturated carbocycles. The summed E-state index contributed by atoms with van der Waals surface area (Å²) in [6, 6.07) is 0.817. The maximum absolute atomic E-state index is 4.07. The van der Waals surface area contributed by atoms with Crippen LogP contribution in [-0.2, 0) is 6.42 Å². The molecule has 2 bridgehead atoms. The van der Waals surface area contributed by atoms with Crippen LogP contribution < -0.4 is 5.32 Å². The molecule has 18 heavy (non-hydrogen) atoms. The van der Waals surface area contributed by atoms with E-state index >= 15 is 0 Å². The van der Waals surface area contributed by atoms with Gasteiger partial charge in [0, 0.05) is 30.9 Å². The quantitative estimate of drug-likeness (QED) is 0.855. The maximum Gasteiger partial charge on any atom is 0.0921 e. The molecule has 3 heteroatoms. The first-order valence-electron chi connectivity index (χ1n) is 7.62. The van der Waals surface area contributed by atoms with Gasteiger partial charge in [0.15, 0.2) is 0 Å². The van der Waals surface area contributed by atoms with Crippen molar-refractivity contribution in [3.63, 3.8) is 0 Å². The second kappa shape index (κ2) is 4.37. The molecule has 4 rings (SSSR count). The fraction of sp³-hybridized carbons (Fsp3) is 0.800. The second-order valence-corrected chi connectivity index (χ2v) is 6.54. The molecule has 0 amide bonds. The number of nitrogens with one attached hydrogen (secondary N) is 2. The van der Waals surface area contributed by atoms with Crippen LogP contribution in [0, 0.1) is 23.7 Å². The van der Waals surface area contributed by atoms with E-state index in [-0.39, 0.29) is 0 Å². The van der Waals surface area contributed by atoms with Crippen molar-refractivity contribution in [2.75, 3.05) is 6.54 Å². The Balaban J connectivity index is 1.32. The molecule has 0 saturated heterocycles. The van der Waals surface area contributed by atoms with Crippen molar-refractivity contribution in [1.82, 2.24) is 15.3 Å². The van der Waals surface area contributed by atoms with Gasteiger partial charge in [-0.25, -0.2) is 4.98 Å². The second-order valence-electron chi connectivity index (χ2n) is 6.54. The van der Waals surface area contributed by atoms with Gasteiger partial charge in [-0.2, -0.15) is 0 Å². The first kappa shape index (κ1) is 11.0. The van der Waals surface area contributed by atoms with E-state index in [4.69, 9.17) is 0 Å². The Bertz CT molecular complexity index is 400. The summed E-state index contributed by atoms with van der Waals surface area (Å²) in [7, 11) is 0. The van der Waals surface area contributed by atoms with Gasteiger partial charge in [0.05, 0.1) is 6.33 Å². The number of fused-ring (bicyclic) bond motifs is 5. The van der Waals surface area contributed by atoms with Crippen LogP contribution in [0.4, 0.5) is 0 Å². The van der Waals surface area contributed by atoms with Gasteiger partial charge in [0.25, 0.3) is 0 Å². The summed E-state index contributed by atoms with van der Waals surface area (Å²) in [6.45, 7) is 1.10. The van der Waals surface area contributed by atoms with Crippen LogP contribution in [0.15, 0.2) is 12.5 Å². The van der Waals surface area contributed by atoms with E-state index in [9.17, 15) is 0 Å². The fourth-order valence-electron chi connectivity index (χ4n) is 5.12. The molecule has 0 radical (unpaired) electrons. The molecule has 98 valence electrons. The molecule has 1 heterocycles. The first-order chi connectivity index (χ1) is 8.92. The molecular formula is C15H23N3. The molecule has 3 aliphatic rings. The summed E-state index contributed by atoms with van der Waals surface area (Å²) >= 11 is 0. The van der Waals surface area contributed by atoms with E-state index in [1.165, 1.54) is 37.8 Å². The van der Waals surface area contributed by atoms with Crippen molar-refractivity contribution in [2.24, 2.45) is 23.7 Å². The van der Waals surface area contributed by atoms with Crippen LogP contribution in [0.3, 0.4) is 0 Å². The minimum atomic E-state index is 0.817. The molecule has 1 aromatic rings. The van der Waals surface area contributed by atoms with Gasteiger partial charge in [-0.3, -0.25) is 0 Å². The Morgan fingerprint density at radius 1 is 1.22 bits per heavy atom. The number of rotatable bonds is 4. The van der Waals surface area contributed by atoms with Gasteiger partial charge in [-0.15, -0.1) is 0 Å². The molecule has 0 aromatic carbocycles. The smallest absolute Gasteiger partial charge is 0.0921 e. The zero-order valence-corrected chi connectivity index (χ0v) is 10.9. The molecule has 3 fully saturated rings. The Morgan fingerprint density at radius 2 is 2.17 bits per heavy atom. The molecule has 1 aromatic heterocycles. The van der Waals surface area contributed by atoms with Crippen molar-refractivity contribution in [2.45, 2.75) is 44.6 Å². The average Bonchev–Trinajstić information content (AvgIpc) is 3.12. The third-order valence-electron chi connectivity index (χ3n) is 5.78. The predicted molar refractivity (Wildman–Crippen MR) is 71.1 cm³/mol. The molecule has 5 atom stereocenters. The van der Waals surface area contributed by atoms with Gasteiger partial charge in [0.1, 0.15) is 0 Å². The molecule has 0 aliphatic heterocycles. The van der Waals surface area contributed by atoms with Crippen molar-refractivity contribution in [1.29, 1.82) is 0 Å². The van der Waals surface area contributed by atoms with Crippen molar-refractivity contribution >= 4 is 0 Å². The third kappa shape index (κ3) is 1.71. The van der Waals surface area contributed by atoms with Crippen LogP contribution in [0.25, 0.3) is 0 Å². The number of aromatic amines is 1. The average molecular weight is 245 g/mol. The lowest BCUT2D eigenvalue weighted by molar-refractivity contribution is 0.209. The minimum Gasteiger partial charge on any atom is -0.348 e. The van der Waals surface area contributed by atoms with Crippen LogP contribution in [0.2, 0.25) is 0 Å². The lowest BCUT2D eigenvalue weighted by Crippen LogP contribution is -2.40. The number of H-pyrrole nitrogens is 1. The maximum atomic E-state index is 4.07. The number of nitrogens with zero attached hydrogens (tertiary/aromatic N) is 1. The van der Waals surface area contributed by atoms with Gasteiger partial charge >= 0.3 is 0 Å². The van der Waals surface area contributed by atoms with Crippen molar-refractivity contribution < 1.29 is 0 Å². The van der Waals surface area contributed by atoms with Crippen LogP contribution in [-0.4, -0.2) is 22.6 Å². The molecule has 5 unspecified atom stereocenters. The number of aromatic nitrogens is 2. The molecular weight excluding hydrogens is 222 g/mol. The summed E-state index contributed by atoms with van der Waals surface area (Å²) in [4.78, 5) is 7.25. The summed E-state index contributed by atoms with van der Waals surface area (Å²) < 4.78 is 0. The van der Waals surface area contributed by atoms with E-state index in [0.717, 1.165) is 42.7 Å². The molecule has 3 nitrogen and oxygen atoms in total. The Morgan fingerprint density at radius 3 is 3.06 bits per heavy atom. The number of hydrogen-bond acceptors (Lipinski definition) is 2. The van der Waals surface area contributed by atoms with E-state index in [0.29, 0.717) is 0 Å². The zero-order chi connectivity index (χ0) is 11.9. The Hall–Kier alpha value is -0.830. The van der Waals surface area contributed by atoms with Crippen molar-refractivity contribution in [3.05, 3.63) is 18.2 Å². The largest absolute Gasteiger partial charge is 0.348 e. The minimum absolute atomic E-state index is 0.817. The van der Waals surface area contributed by atoms with Crippen LogP contribution in [0.1, 0.15) is 37.8 Å². The highest BCUT2D eigenvalue weighted by Crippen LogP contribution is 2.58. The lowest BCUT2D eigenvalue weighted by atomic mass is 9.79. The highest BCUT2D eigenvalue weighted by Gasteiger charge is 2.53. The van der Waals surface area contributed by atoms with Gasteiger partial charge < -0.3 is 10.3 Å². The normalized spacial score (nSPS) is 41.4. The third-order valence-corrected chi connectivity index (χ3v) is 5.78. The van der Waals surface area contributed by atoms with Crippen molar-refractivity contribution in [3.8, 4) is 0 Å². The van der Waals surface area contributed by atoms with E-state index in [1.807, 2.05) is 6.20 Å². The Kier molecular flexibility index (Phi) is 2.68. The number of imidazole rings is 1. The summed E-state index contributed by atoms with van der Waals surface area (Å²) in [6.07, 6.45) is 12.3. The van der Waals surface area contributed by atoms with E-state index in [2.05, 4.69) is 15.3 Å². The highest BCUT2D eigenvalue weighted by molar-refractivity contribution is 5.05. The topological polar surface area (TPSA) is 40.7 Å². The molecule has 3 aliphatic carbocycles. The summed E-state index contributed by atoms with van der Waals surface area (Å²) in [5, 5.41) is 3.82. The van der Waals surface area contributed by atoms with Gasteiger partial charge in [0.2, 0.25) is 0 Å². The first-order valence-corrected chi connectivity index (χ1v) is 7.62. The van der Waals surface area contributed by atoms with Gasteiger partial charge in [-0.05, 0) is 49.4 Å². The van der Waals surface area contributed by atoms with Gasteiger partial charge in [-0.1, -0.05) is 6.42 Å². The Labute approximate surface area is 109 Å². The lowest BCUT2D eigenvalue weighted by Gasteiger charge is -2.32. The zero-order valence-electron chi connectivity index (χ0n) is 10.9. The molecule has 0 spiro atoms. The van der Waals surface area contributed by atoms with Crippen LogP contribution >= 0.6 is 0 Å². The van der Waals surface area contributed by atoms with E-state index < -0.39 is 0 Å². The highest BCUT2D eigenvalue weighted by atomic mass is 14.9. The summed E-state index contributed by atoms with van der Waals surface area (Å²) in [5.74, 6) is 4.26. The van der Waals surface area contributed by atoms with E-state index in [1.54, 1.807) is 6.33 Å². The van der Waals surface area contributed by atoms with Crippen LogP contribution in [0.5, 0.6) is 0 Å².